The number of nitrogens with zero attached hydrogens (tertiary/aromatic N) is 3. The Hall–Kier alpha value is -2.28. The fourth-order valence-corrected chi connectivity index (χ4v) is 5.62. The summed E-state index contributed by atoms with van der Waals surface area (Å²) in [5.41, 5.74) is -2.45. The molecule has 1 aliphatic carbocycles. The molecule has 3 heterocycles. The molecule has 204 valence electrons. The zero-order chi connectivity index (χ0) is 27.0. The number of halogens is 3. The van der Waals surface area contributed by atoms with E-state index in [4.69, 9.17) is 0 Å². The van der Waals surface area contributed by atoms with Gasteiger partial charge in [-0.2, -0.15) is 13.2 Å². The lowest BCUT2D eigenvalue weighted by molar-refractivity contribution is -0.137. The van der Waals surface area contributed by atoms with Crippen LogP contribution in [0.4, 0.5) is 19.0 Å². The Balaban J connectivity index is 1.73. The van der Waals surface area contributed by atoms with Crippen molar-refractivity contribution in [2.24, 2.45) is 0 Å². The third-order valence-corrected chi connectivity index (χ3v) is 7.94. The molecule has 0 spiro atoms. The van der Waals surface area contributed by atoms with E-state index < -0.39 is 29.5 Å². The minimum absolute atomic E-state index is 0.00636. The third-order valence-electron chi connectivity index (χ3n) is 6.80. The average molecular weight is 542 g/mol. The van der Waals surface area contributed by atoms with Crippen LogP contribution in [0.5, 0.6) is 0 Å². The highest BCUT2D eigenvalue weighted by Crippen LogP contribution is 2.43. The van der Waals surface area contributed by atoms with Gasteiger partial charge in [-0.1, -0.05) is 19.3 Å². The minimum atomic E-state index is -4.70. The molecule has 4 N–H and O–H groups in total. The second-order valence-electron chi connectivity index (χ2n) is 10.6. The van der Waals surface area contributed by atoms with E-state index in [9.17, 15) is 28.2 Å². The van der Waals surface area contributed by atoms with E-state index >= 15 is 0 Å². The molecule has 8 nitrogen and oxygen atoms in total. The Labute approximate surface area is 218 Å². The predicted molar refractivity (Wildman–Crippen MR) is 135 cm³/mol. The summed E-state index contributed by atoms with van der Waals surface area (Å²) in [5.74, 6) is -0.340. The molecule has 0 bridgehead atoms. The number of hydrogen-bond donors (Lipinski definition) is 4. The summed E-state index contributed by atoms with van der Waals surface area (Å²) in [4.78, 5) is 23.4. The maximum atomic E-state index is 14.3. The monoisotopic (exact) mass is 541 g/mol. The van der Waals surface area contributed by atoms with Crippen LogP contribution < -0.4 is 10.6 Å². The number of nitrogens with one attached hydrogen (secondary N) is 2. The molecule has 2 aliphatic rings. The first-order valence-electron chi connectivity index (χ1n) is 12.6. The van der Waals surface area contributed by atoms with Crippen molar-refractivity contribution in [2.75, 3.05) is 18.4 Å². The molecule has 12 heteroatoms. The highest BCUT2D eigenvalue weighted by atomic mass is 32.1. The predicted octanol–water partition coefficient (Wildman–Crippen LogP) is 4.55. The molecule has 37 heavy (non-hydrogen) atoms. The van der Waals surface area contributed by atoms with Gasteiger partial charge in [0.15, 0.2) is 6.23 Å². The van der Waals surface area contributed by atoms with E-state index in [-0.39, 0.29) is 45.6 Å². The van der Waals surface area contributed by atoms with Crippen molar-refractivity contribution < 1.29 is 28.2 Å². The molecule has 1 saturated carbocycles. The zero-order valence-corrected chi connectivity index (χ0v) is 22.0. The van der Waals surface area contributed by atoms with Crippen molar-refractivity contribution in [1.29, 1.82) is 0 Å². The van der Waals surface area contributed by atoms with Crippen LogP contribution in [0.3, 0.4) is 0 Å². The molecule has 0 aromatic carbocycles. The van der Waals surface area contributed by atoms with E-state index in [2.05, 4.69) is 20.6 Å². The van der Waals surface area contributed by atoms with Crippen LogP contribution in [0, 0.1) is 0 Å². The SMILES string of the molecule is C[C@H]1CCN1C(=O)c1nc(C(O)NCC(C)(C)O)sc1-c1cnc(NC2CCCCC2)cc1C(F)(F)F. The highest BCUT2D eigenvalue weighted by Gasteiger charge is 2.39. The summed E-state index contributed by atoms with van der Waals surface area (Å²) in [5, 5.41) is 26.5. The number of alkyl halides is 3. The number of thiazole rings is 1. The molecule has 1 amide bonds. The van der Waals surface area contributed by atoms with Crippen LogP contribution in [0.15, 0.2) is 12.3 Å². The first-order chi connectivity index (χ1) is 17.3. The van der Waals surface area contributed by atoms with Crippen molar-refractivity contribution in [3.05, 3.63) is 28.5 Å². The van der Waals surface area contributed by atoms with Crippen molar-refractivity contribution in [1.82, 2.24) is 20.2 Å². The zero-order valence-electron chi connectivity index (χ0n) is 21.2. The Kier molecular flexibility index (Phi) is 8.13. The summed E-state index contributed by atoms with van der Waals surface area (Å²) in [6, 6.07) is 1.02. The number of rotatable bonds is 8. The molecule has 2 aromatic rings. The molecule has 4 rings (SSSR count). The van der Waals surface area contributed by atoms with Gasteiger partial charge in [-0.15, -0.1) is 11.3 Å². The van der Waals surface area contributed by atoms with Gasteiger partial charge >= 0.3 is 6.18 Å². The fraction of sp³-hybridized carbons (Fsp3) is 0.640. The van der Waals surface area contributed by atoms with Gasteiger partial charge < -0.3 is 20.4 Å². The average Bonchev–Trinajstić information content (AvgIpc) is 3.27. The molecule has 2 atom stereocenters. The number of amides is 1. The first-order valence-corrected chi connectivity index (χ1v) is 13.4. The van der Waals surface area contributed by atoms with E-state index in [1.54, 1.807) is 18.7 Å². The van der Waals surface area contributed by atoms with Crippen LogP contribution in [0.1, 0.15) is 86.6 Å². The van der Waals surface area contributed by atoms with Crippen LogP contribution in [0.25, 0.3) is 10.4 Å². The maximum absolute atomic E-state index is 14.3. The van der Waals surface area contributed by atoms with Crippen LogP contribution in [-0.2, 0) is 6.18 Å². The van der Waals surface area contributed by atoms with Crippen LogP contribution >= 0.6 is 11.3 Å². The maximum Gasteiger partial charge on any atom is 0.417 e. The van der Waals surface area contributed by atoms with Gasteiger partial charge in [-0.25, -0.2) is 9.97 Å². The van der Waals surface area contributed by atoms with Gasteiger partial charge in [0.1, 0.15) is 16.5 Å². The molecule has 0 radical (unpaired) electrons. The third kappa shape index (κ3) is 6.60. The second kappa shape index (κ2) is 10.8. The number of anilines is 1. The van der Waals surface area contributed by atoms with Gasteiger partial charge in [0.25, 0.3) is 5.91 Å². The Bertz CT molecular complexity index is 1110. The van der Waals surface area contributed by atoms with Gasteiger partial charge in [0.2, 0.25) is 0 Å². The Morgan fingerprint density at radius 2 is 1.95 bits per heavy atom. The Morgan fingerprint density at radius 3 is 2.51 bits per heavy atom. The summed E-state index contributed by atoms with van der Waals surface area (Å²) in [7, 11) is 0. The topological polar surface area (TPSA) is 111 Å². The van der Waals surface area contributed by atoms with E-state index in [0.29, 0.717) is 6.54 Å². The van der Waals surface area contributed by atoms with Crippen LogP contribution in [0.2, 0.25) is 0 Å². The number of hydrogen-bond acceptors (Lipinski definition) is 8. The first kappa shape index (κ1) is 27.7. The summed E-state index contributed by atoms with van der Waals surface area (Å²) < 4.78 is 42.9. The van der Waals surface area contributed by atoms with E-state index in [1.807, 2.05) is 6.92 Å². The van der Waals surface area contributed by atoms with Crippen molar-refractivity contribution in [3.8, 4) is 10.4 Å². The highest BCUT2D eigenvalue weighted by molar-refractivity contribution is 7.15. The van der Waals surface area contributed by atoms with Crippen molar-refractivity contribution >= 4 is 23.1 Å². The van der Waals surface area contributed by atoms with Gasteiger partial charge in [-0.3, -0.25) is 10.1 Å². The number of aliphatic hydroxyl groups is 2. The molecule has 2 aromatic heterocycles. The quantitative estimate of drug-likeness (QED) is 0.363. The lowest BCUT2D eigenvalue weighted by Crippen LogP contribution is -2.49. The van der Waals surface area contributed by atoms with Crippen LogP contribution in [-0.4, -0.2) is 61.8 Å². The lowest BCUT2D eigenvalue weighted by atomic mass is 9.95. The number of carbonyl (C=O) groups excluding carboxylic acids is 1. The number of carbonyl (C=O) groups is 1. The van der Waals surface area contributed by atoms with E-state index in [0.717, 1.165) is 62.1 Å². The molecule has 1 saturated heterocycles. The molecular weight excluding hydrogens is 507 g/mol. The van der Waals surface area contributed by atoms with Gasteiger partial charge in [0.05, 0.1) is 16.0 Å². The smallest absolute Gasteiger partial charge is 0.389 e. The fourth-order valence-electron chi connectivity index (χ4n) is 4.57. The standard InChI is InChI=1S/C25H34F3N5O3S/c1-14-9-10-33(14)23(35)19-20(37-22(32-19)21(34)30-13-24(2,3)36)16-12-29-18(11-17(16)25(26,27)28)31-15-7-5-4-6-8-15/h11-12,14-15,21,30,34,36H,4-10,13H2,1-3H3,(H,29,31)/t14-,21?/m0/s1. The molecular formula is C25H34F3N5O3S. The Morgan fingerprint density at radius 1 is 1.24 bits per heavy atom. The lowest BCUT2D eigenvalue weighted by Gasteiger charge is -2.38. The minimum Gasteiger partial charge on any atom is -0.389 e. The molecule has 1 aliphatic heterocycles. The second-order valence-corrected chi connectivity index (χ2v) is 11.6. The largest absolute Gasteiger partial charge is 0.417 e. The number of aliphatic hydroxyl groups excluding tert-OH is 1. The molecule has 2 fully saturated rings. The van der Waals surface area contributed by atoms with E-state index in [1.165, 1.54) is 0 Å². The normalized spacial score (nSPS) is 20.0. The number of pyridine rings is 1. The van der Waals surface area contributed by atoms with Gasteiger partial charge in [0, 0.05) is 36.9 Å². The summed E-state index contributed by atoms with van der Waals surface area (Å²) in [6.45, 7) is 5.45. The number of aromatic nitrogens is 2. The van der Waals surface area contributed by atoms with Crippen molar-refractivity contribution in [2.45, 2.75) is 89.4 Å². The molecule has 1 unspecified atom stereocenters. The van der Waals surface area contributed by atoms with Crippen molar-refractivity contribution in [3.63, 3.8) is 0 Å². The summed E-state index contributed by atoms with van der Waals surface area (Å²) >= 11 is 0.811. The number of likely N-dealkylation sites (tertiary alicyclic amines) is 1. The summed E-state index contributed by atoms with van der Waals surface area (Å²) in [6.07, 6.45) is 0.785. The van der Waals surface area contributed by atoms with Gasteiger partial charge in [-0.05, 0) is 46.1 Å².